The number of aromatic nitrogens is 2. The second-order valence-corrected chi connectivity index (χ2v) is 5.20. The molecule has 1 saturated carbocycles. The molecular weight excluding hydrogens is 222 g/mol. The molecule has 1 heterocycles. The fraction of sp³-hybridized carbons (Fsp3) is 0.400. The molecule has 1 atom stereocenters. The zero-order chi connectivity index (χ0) is 12.5. The molecule has 0 spiro atoms. The molecule has 1 aromatic heterocycles. The second-order valence-electron chi connectivity index (χ2n) is 5.20. The Kier molecular flexibility index (Phi) is 2.92. The van der Waals surface area contributed by atoms with E-state index in [2.05, 4.69) is 29.2 Å². The van der Waals surface area contributed by atoms with Gasteiger partial charge in [-0.2, -0.15) is 0 Å². The molecular formula is C15H19N3. The first kappa shape index (κ1) is 11.5. The van der Waals surface area contributed by atoms with Gasteiger partial charge in [-0.15, -0.1) is 0 Å². The Morgan fingerprint density at radius 3 is 2.72 bits per heavy atom. The summed E-state index contributed by atoms with van der Waals surface area (Å²) < 4.78 is 1.95. The highest BCUT2D eigenvalue weighted by Crippen LogP contribution is 2.39. The van der Waals surface area contributed by atoms with Gasteiger partial charge in [-0.3, -0.25) is 0 Å². The van der Waals surface area contributed by atoms with E-state index in [4.69, 9.17) is 5.73 Å². The monoisotopic (exact) mass is 241 g/mol. The van der Waals surface area contributed by atoms with Gasteiger partial charge in [0.2, 0.25) is 0 Å². The normalized spacial score (nSPS) is 17.4. The van der Waals surface area contributed by atoms with Crippen LogP contribution in [0.25, 0.3) is 0 Å². The van der Waals surface area contributed by atoms with Crippen LogP contribution in [0, 0.1) is 0 Å². The molecule has 1 aromatic carbocycles. The highest BCUT2D eigenvalue weighted by atomic mass is 15.0. The van der Waals surface area contributed by atoms with Crippen LogP contribution >= 0.6 is 0 Å². The lowest BCUT2D eigenvalue weighted by atomic mass is 9.77. The van der Waals surface area contributed by atoms with Crippen molar-refractivity contribution in [2.45, 2.75) is 31.2 Å². The van der Waals surface area contributed by atoms with Crippen molar-refractivity contribution in [3.63, 3.8) is 0 Å². The van der Waals surface area contributed by atoms with Gasteiger partial charge >= 0.3 is 0 Å². The predicted octanol–water partition coefficient (Wildman–Crippen LogP) is 2.74. The molecule has 1 aliphatic carbocycles. The molecule has 3 nitrogen and oxygen atoms in total. The maximum atomic E-state index is 6.37. The summed E-state index contributed by atoms with van der Waals surface area (Å²) in [5.74, 6) is 0.705. The number of imidazole rings is 1. The smallest absolute Gasteiger partial charge is 0.0947 e. The average Bonchev–Trinajstić information content (AvgIpc) is 2.74. The highest BCUT2D eigenvalue weighted by Gasteiger charge is 2.24. The van der Waals surface area contributed by atoms with Crippen molar-refractivity contribution in [2.24, 2.45) is 12.8 Å². The van der Waals surface area contributed by atoms with Crippen LogP contribution in [-0.2, 0) is 7.05 Å². The predicted molar refractivity (Wildman–Crippen MR) is 72.3 cm³/mol. The van der Waals surface area contributed by atoms with E-state index >= 15 is 0 Å². The fourth-order valence-electron chi connectivity index (χ4n) is 2.64. The quantitative estimate of drug-likeness (QED) is 0.898. The van der Waals surface area contributed by atoms with Crippen LogP contribution in [0.2, 0.25) is 0 Å². The molecule has 1 unspecified atom stereocenters. The summed E-state index contributed by atoms with van der Waals surface area (Å²) in [7, 11) is 1.97. The number of nitrogens with two attached hydrogens (primary N) is 1. The standard InChI is InChI=1S/C15H19N3/c1-18-9-14(17-10-18)15(16)13-8-3-2-7-12(13)11-5-4-6-11/h2-3,7-11,15H,4-6,16H2,1H3. The SMILES string of the molecule is Cn1cnc(C(N)c2ccccc2C2CCC2)c1. The van der Waals surface area contributed by atoms with Crippen molar-refractivity contribution >= 4 is 0 Å². The first-order chi connectivity index (χ1) is 8.75. The minimum atomic E-state index is -0.108. The van der Waals surface area contributed by atoms with Gasteiger partial charge in [0.25, 0.3) is 0 Å². The van der Waals surface area contributed by atoms with Crippen LogP contribution < -0.4 is 5.73 Å². The molecule has 0 amide bonds. The van der Waals surface area contributed by atoms with Crippen molar-refractivity contribution in [3.05, 3.63) is 53.6 Å². The Balaban J connectivity index is 1.95. The van der Waals surface area contributed by atoms with E-state index in [0.717, 1.165) is 5.69 Å². The Hall–Kier alpha value is -1.61. The van der Waals surface area contributed by atoms with Crippen LogP contribution in [0.5, 0.6) is 0 Å². The first-order valence-electron chi connectivity index (χ1n) is 6.58. The molecule has 1 fully saturated rings. The van der Waals surface area contributed by atoms with E-state index in [1.54, 1.807) is 6.33 Å². The lowest BCUT2D eigenvalue weighted by Gasteiger charge is -2.29. The van der Waals surface area contributed by atoms with Gasteiger partial charge in [0, 0.05) is 13.2 Å². The Morgan fingerprint density at radius 2 is 2.11 bits per heavy atom. The molecule has 2 aromatic rings. The van der Waals surface area contributed by atoms with Gasteiger partial charge in [-0.1, -0.05) is 30.7 Å². The number of aryl methyl sites for hydroxylation is 1. The molecule has 0 radical (unpaired) electrons. The summed E-state index contributed by atoms with van der Waals surface area (Å²) in [6.07, 6.45) is 7.75. The van der Waals surface area contributed by atoms with Gasteiger partial charge < -0.3 is 10.3 Å². The van der Waals surface area contributed by atoms with E-state index < -0.39 is 0 Å². The zero-order valence-electron chi connectivity index (χ0n) is 10.7. The summed E-state index contributed by atoms with van der Waals surface area (Å²) >= 11 is 0. The van der Waals surface area contributed by atoms with Crippen LogP contribution in [0.1, 0.15) is 48.0 Å². The third-order valence-electron chi connectivity index (χ3n) is 3.92. The van der Waals surface area contributed by atoms with Crippen molar-refractivity contribution in [3.8, 4) is 0 Å². The van der Waals surface area contributed by atoms with Crippen molar-refractivity contribution < 1.29 is 0 Å². The van der Waals surface area contributed by atoms with Gasteiger partial charge in [0.05, 0.1) is 18.1 Å². The number of hydrogen-bond acceptors (Lipinski definition) is 2. The Morgan fingerprint density at radius 1 is 1.33 bits per heavy atom. The van der Waals surface area contributed by atoms with Crippen LogP contribution in [-0.4, -0.2) is 9.55 Å². The fourth-order valence-corrected chi connectivity index (χ4v) is 2.64. The zero-order valence-corrected chi connectivity index (χ0v) is 10.7. The Bertz CT molecular complexity index is 540. The third kappa shape index (κ3) is 1.95. The van der Waals surface area contributed by atoms with Crippen LogP contribution in [0.15, 0.2) is 36.8 Å². The topological polar surface area (TPSA) is 43.8 Å². The molecule has 0 bridgehead atoms. The summed E-state index contributed by atoms with van der Waals surface area (Å²) in [6, 6.07) is 8.44. The summed E-state index contributed by atoms with van der Waals surface area (Å²) in [5, 5.41) is 0. The van der Waals surface area contributed by atoms with Gasteiger partial charge in [0.15, 0.2) is 0 Å². The number of nitrogens with zero attached hydrogens (tertiary/aromatic N) is 2. The molecule has 3 heteroatoms. The van der Waals surface area contributed by atoms with Gasteiger partial charge in [0.1, 0.15) is 0 Å². The van der Waals surface area contributed by atoms with Crippen LogP contribution in [0.3, 0.4) is 0 Å². The molecule has 0 saturated heterocycles. The van der Waals surface area contributed by atoms with Crippen molar-refractivity contribution in [1.82, 2.24) is 9.55 Å². The molecule has 2 N–H and O–H groups in total. The lowest BCUT2D eigenvalue weighted by Crippen LogP contribution is -2.18. The molecule has 3 rings (SSSR count). The molecule has 0 aliphatic heterocycles. The Labute approximate surface area is 108 Å². The average molecular weight is 241 g/mol. The van der Waals surface area contributed by atoms with Gasteiger partial charge in [-0.25, -0.2) is 4.98 Å². The summed E-state index contributed by atoms with van der Waals surface area (Å²) in [4.78, 5) is 4.37. The number of rotatable bonds is 3. The summed E-state index contributed by atoms with van der Waals surface area (Å²) in [5.41, 5.74) is 9.97. The minimum Gasteiger partial charge on any atom is -0.340 e. The van der Waals surface area contributed by atoms with Crippen LogP contribution in [0.4, 0.5) is 0 Å². The van der Waals surface area contributed by atoms with Gasteiger partial charge in [-0.05, 0) is 29.9 Å². The highest BCUT2D eigenvalue weighted by molar-refractivity contribution is 5.37. The maximum absolute atomic E-state index is 6.37. The largest absolute Gasteiger partial charge is 0.340 e. The van der Waals surface area contributed by atoms with E-state index in [1.807, 2.05) is 17.8 Å². The third-order valence-corrected chi connectivity index (χ3v) is 3.92. The second kappa shape index (κ2) is 4.58. The lowest BCUT2D eigenvalue weighted by molar-refractivity contribution is 0.416. The first-order valence-corrected chi connectivity index (χ1v) is 6.58. The van der Waals surface area contributed by atoms with Crippen molar-refractivity contribution in [2.75, 3.05) is 0 Å². The van der Waals surface area contributed by atoms with E-state index in [0.29, 0.717) is 5.92 Å². The molecule has 18 heavy (non-hydrogen) atoms. The molecule has 94 valence electrons. The minimum absolute atomic E-state index is 0.108. The van der Waals surface area contributed by atoms with E-state index in [-0.39, 0.29) is 6.04 Å². The number of benzene rings is 1. The van der Waals surface area contributed by atoms with E-state index in [1.165, 1.54) is 30.4 Å². The molecule has 1 aliphatic rings. The number of hydrogen-bond donors (Lipinski definition) is 1. The van der Waals surface area contributed by atoms with E-state index in [9.17, 15) is 0 Å². The van der Waals surface area contributed by atoms with Crippen molar-refractivity contribution in [1.29, 1.82) is 0 Å². The maximum Gasteiger partial charge on any atom is 0.0947 e. The summed E-state index contributed by atoms with van der Waals surface area (Å²) in [6.45, 7) is 0.